The zero-order valence-corrected chi connectivity index (χ0v) is 12.5. The van der Waals surface area contributed by atoms with Crippen molar-refractivity contribution in [1.82, 2.24) is 4.90 Å². The van der Waals surface area contributed by atoms with E-state index in [0.717, 1.165) is 38.3 Å². The summed E-state index contributed by atoms with van der Waals surface area (Å²) in [7, 11) is 0. The van der Waals surface area contributed by atoms with E-state index in [1.807, 2.05) is 18.7 Å². The van der Waals surface area contributed by atoms with Crippen LogP contribution in [0.1, 0.15) is 66.7 Å². The van der Waals surface area contributed by atoms with E-state index in [-0.39, 0.29) is 0 Å². The predicted molar refractivity (Wildman–Crippen MR) is 75.0 cm³/mol. The van der Waals surface area contributed by atoms with Crippen molar-refractivity contribution in [3.05, 3.63) is 0 Å². The standard InChI is InChI=1S/C13H25NO.C2H6/c1-4-10-14(5-2)13(15)12-8-6-11(3)7-9-12;1-2/h11-12H,4-10H2,1-3H3;1-2H3. The lowest BCUT2D eigenvalue weighted by Crippen LogP contribution is -2.37. The maximum atomic E-state index is 12.2. The summed E-state index contributed by atoms with van der Waals surface area (Å²) in [4.78, 5) is 14.2. The molecule has 1 saturated carbocycles. The average molecular weight is 241 g/mol. The lowest BCUT2D eigenvalue weighted by Gasteiger charge is -2.30. The van der Waals surface area contributed by atoms with Crippen LogP contribution in [0, 0.1) is 11.8 Å². The summed E-state index contributed by atoms with van der Waals surface area (Å²) in [5.41, 5.74) is 0. The minimum Gasteiger partial charge on any atom is -0.343 e. The van der Waals surface area contributed by atoms with Crippen LogP contribution in [0.5, 0.6) is 0 Å². The molecule has 0 spiro atoms. The normalized spacial score (nSPS) is 23.6. The van der Waals surface area contributed by atoms with E-state index in [2.05, 4.69) is 20.8 Å². The lowest BCUT2D eigenvalue weighted by atomic mass is 9.82. The predicted octanol–water partition coefficient (Wildman–Crippen LogP) is 4.10. The molecule has 0 aromatic rings. The Morgan fingerprint density at radius 1 is 1.12 bits per heavy atom. The van der Waals surface area contributed by atoms with Crippen molar-refractivity contribution >= 4 is 5.91 Å². The first kappa shape index (κ1) is 16.5. The van der Waals surface area contributed by atoms with Gasteiger partial charge in [0.25, 0.3) is 0 Å². The summed E-state index contributed by atoms with van der Waals surface area (Å²) in [5.74, 6) is 1.56. The number of hydrogen-bond donors (Lipinski definition) is 0. The monoisotopic (exact) mass is 241 g/mol. The Hall–Kier alpha value is -0.530. The van der Waals surface area contributed by atoms with Gasteiger partial charge in [-0.25, -0.2) is 0 Å². The molecule has 17 heavy (non-hydrogen) atoms. The van der Waals surface area contributed by atoms with Gasteiger partial charge in [0.2, 0.25) is 5.91 Å². The Labute approximate surface area is 108 Å². The van der Waals surface area contributed by atoms with Crippen LogP contribution in [-0.2, 0) is 4.79 Å². The summed E-state index contributed by atoms with van der Waals surface area (Å²) in [6.45, 7) is 12.3. The van der Waals surface area contributed by atoms with E-state index in [1.54, 1.807) is 0 Å². The molecule has 0 unspecified atom stereocenters. The van der Waals surface area contributed by atoms with Crippen molar-refractivity contribution in [1.29, 1.82) is 0 Å². The highest BCUT2D eigenvalue weighted by atomic mass is 16.2. The van der Waals surface area contributed by atoms with Gasteiger partial charge < -0.3 is 4.90 Å². The van der Waals surface area contributed by atoms with Gasteiger partial charge in [-0.3, -0.25) is 4.79 Å². The van der Waals surface area contributed by atoms with Crippen molar-refractivity contribution < 1.29 is 4.79 Å². The van der Waals surface area contributed by atoms with Gasteiger partial charge in [0.05, 0.1) is 0 Å². The first-order valence-electron chi connectivity index (χ1n) is 7.47. The van der Waals surface area contributed by atoms with Crippen LogP contribution >= 0.6 is 0 Å². The number of carbonyl (C=O) groups excluding carboxylic acids is 1. The van der Waals surface area contributed by atoms with Crippen LogP contribution in [0.3, 0.4) is 0 Å². The number of hydrogen-bond acceptors (Lipinski definition) is 1. The Morgan fingerprint density at radius 3 is 2.06 bits per heavy atom. The van der Waals surface area contributed by atoms with Gasteiger partial charge in [-0.1, -0.05) is 27.7 Å². The molecule has 2 nitrogen and oxygen atoms in total. The third kappa shape index (κ3) is 5.56. The third-order valence-electron chi connectivity index (χ3n) is 3.55. The molecule has 0 atom stereocenters. The highest BCUT2D eigenvalue weighted by Gasteiger charge is 2.26. The summed E-state index contributed by atoms with van der Waals surface area (Å²) in [5, 5.41) is 0. The van der Waals surface area contributed by atoms with Crippen LogP contribution < -0.4 is 0 Å². The van der Waals surface area contributed by atoms with Gasteiger partial charge in [0, 0.05) is 19.0 Å². The molecule has 1 aliphatic carbocycles. The molecule has 0 aliphatic heterocycles. The fourth-order valence-corrected chi connectivity index (χ4v) is 2.46. The first-order valence-corrected chi connectivity index (χ1v) is 7.47. The smallest absolute Gasteiger partial charge is 0.225 e. The Kier molecular flexibility index (Phi) is 9.20. The SMILES string of the molecule is CC.CCCN(CC)C(=O)C1CCC(C)CC1. The molecule has 0 aromatic heterocycles. The molecule has 102 valence electrons. The Bertz CT molecular complexity index is 195. The quantitative estimate of drug-likeness (QED) is 0.725. The van der Waals surface area contributed by atoms with E-state index in [9.17, 15) is 4.79 Å². The van der Waals surface area contributed by atoms with Crippen LogP contribution in [0.15, 0.2) is 0 Å². The largest absolute Gasteiger partial charge is 0.343 e. The topological polar surface area (TPSA) is 20.3 Å². The molecule has 0 radical (unpaired) electrons. The Balaban J connectivity index is 0.00000121. The highest BCUT2D eigenvalue weighted by Crippen LogP contribution is 2.29. The molecular formula is C15H31NO. The second-order valence-corrected chi connectivity index (χ2v) is 4.87. The van der Waals surface area contributed by atoms with Crippen molar-refractivity contribution in [3.8, 4) is 0 Å². The van der Waals surface area contributed by atoms with Gasteiger partial charge in [-0.15, -0.1) is 0 Å². The van der Waals surface area contributed by atoms with Crippen LogP contribution in [0.25, 0.3) is 0 Å². The molecule has 0 N–H and O–H groups in total. The fourth-order valence-electron chi connectivity index (χ4n) is 2.46. The van der Waals surface area contributed by atoms with Gasteiger partial charge in [-0.2, -0.15) is 0 Å². The van der Waals surface area contributed by atoms with Crippen LogP contribution in [0.2, 0.25) is 0 Å². The maximum absolute atomic E-state index is 12.2. The summed E-state index contributed by atoms with van der Waals surface area (Å²) in [6.07, 6.45) is 5.77. The molecular weight excluding hydrogens is 210 g/mol. The average Bonchev–Trinajstić information content (AvgIpc) is 2.38. The van der Waals surface area contributed by atoms with Crippen LogP contribution in [-0.4, -0.2) is 23.9 Å². The molecule has 1 amide bonds. The maximum Gasteiger partial charge on any atom is 0.225 e. The second kappa shape index (κ2) is 9.49. The minimum absolute atomic E-state index is 0.327. The van der Waals surface area contributed by atoms with E-state index in [4.69, 9.17) is 0 Å². The van der Waals surface area contributed by atoms with Gasteiger partial charge in [-0.05, 0) is 44.9 Å². The summed E-state index contributed by atoms with van der Waals surface area (Å²) in [6, 6.07) is 0. The van der Waals surface area contributed by atoms with Gasteiger partial charge >= 0.3 is 0 Å². The molecule has 1 aliphatic rings. The minimum atomic E-state index is 0.327. The zero-order chi connectivity index (χ0) is 13.3. The van der Waals surface area contributed by atoms with Crippen molar-refractivity contribution in [2.45, 2.75) is 66.7 Å². The summed E-state index contributed by atoms with van der Waals surface area (Å²) < 4.78 is 0. The van der Waals surface area contributed by atoms with E-state index >= 15 is 0 Å². The van der Waals surface area contributed by atoms with Crippen molar-refractivity contribution in [3.63, 3.8) is 0 Å². The molecule has 1 rings (SSSR count). The van der Waals surface area contributed by atoms with E-state index in [0.29, 0.717) is 11.8 Å². The van der Waals surface area contributed by atoms with Gasteiger partial charge in [0.15, 0.2) is 0 Å². The molecule has 0 saturated heterocycles. The second-order valence-electron chi connectivity index (χ2n) is 4.87. The number of amides is 1. The molecule has 0 heterocycles. The number of carbonyl (C=O) groups is 1. The first-order chi connectivity index (χ1) is 8.19. The van der Waals surface area contributed by atoms with Crippen molar-refractivity contribution in [2.75, 3.05) is 13.1 Å². The molecule has 1 fully saturated rings. The van der Waals surface area contributed by atoms with Crippen molar-refractivity contribution in [2.24, 2.45) is 11.8 Å². The van der Waals surface area contributed by atoms with Gasteiger partial charge in [0.1, 0.15) is 0 Å². The molecule has 0 bridgehead atoms. The highest BCUT2D eigenvalue weighted by molar-refractivity contribution is 5.78. The van der Waals surface area contributed by atoms with E-state index < -0.39 is 0 Å². The number of nitrogens with zero attached hydrogens (tertiary/aromatic N) is 1. The zero-order valence-electron chi connectivity index (χ0n) is 12.5. The third-order valence-corrected chi connectivity index (χ3v) is 3.55. The van der Waals surface area contributed by atoms with E-state index in [1.165, 1.54) is 12.8 Å². The lowest BCUT2D eigenvalue weighted by molar-refractivity contribution is -0.136. The molecule has 2 heteroatoms. The number of rotatable bonds is 4. The molecule has 0 aromatic carbocycles. The fraction of sp³-hybridized carbons (Fsp3) is 0.933. The summed E-state index contributed by atoms with van der Waals surface area (Å²) >= 11 is 0. The van der Waals surface area contributed by atoms with Crippen LogP contribution in [0.4, 0.5) is 0 Å². The Morgan fingerprint density at radius 2 is 1.65 bits per heavy atom.